The Kier molecular flexibility index (Phi) is 3.10. The molecule has 0 fully saturated rings. The van der Waals surface area contributed by atoms with E-state index in [-0.39, 0.29) is 4.47 Å². The van der Waals surface area contributed by atoms with Crippen molar-refractivity contribution < 1.29 is 18.0 Å². The number of nitrogens with zero attached hydrogens (tertiary/aromatic N) is 1. The summed E-state index contributed by atoms with van der Waals surface area (Å²) in [4.78, 5) is 13.7. The number of nitrogens with two attached hydrogens (primary N) is 1. The zero-order chi connectivity index (χ0) is 10.9. The second kappa shape index (κ2) is 3.95. The smallest absolute Gasteiger partial charge is 0.267 e. The Hall–Kier alpha value is -1.11. The molecule has 0 atom stereocenters. The molecule has 0 saturated heterocycles. The van der Waals surface area contributed by atoms with Gasteiger partial charge in [-0.3, -0.25) is 4.79 Å². The predicted octanol–water partition coefficient (Wildman–Crippen LogP) is 2.02. The second-order valence-corrected chi connectivity index (χ2v) is 3.22. The van der Waals surface area contributed by atoms with Crippen LogP contribution < -0.4 is 5.73 Å². The number of carbonyl (C=O) groups excluding carboxylic acids is 1. The van der Waals surface area contributed by atoms with Gasteiger partial charge in [-0.2, -0.15) is 4.39 Å². The second-order valence-electron chi connectivity index (χ2n) is 2.36. The van der Waals surface area contributed by atoms with E-state index in [9.17, 15) is 18.0 Å². The zero-order valence-corrected chi connectivity index (χ0v) is 8.19. The molecular weight excluding hydrogens is 265 g/mol. The lowest BCUT2D eigenvalue weighted by molar-refractivity contribution is 0.0978. The van der Waals surface area contributed by atoms with E-state index < -0.39 is 29.5 Å². The minimum atomic E-state index is -2.93. The molecule has 0 aliphatic rings. The summed E-state index contributed by atoms with van der Waals surface area (Å²) in [5, 5.41) is 0. The Labute approximate surface area is 85.2 Å². The first-order chi connectivity index (χ1) is 6.43. The summed E-state index contributed by atoms with van der Waals surface area (Å²) in [6.07, 6.45) is -2.93. The molecule has 1 heterocycles. The van der Waals surface area contributed by atoms with Gasteiger partial charge < -0.3 is 5.73 Å². The highest BCUT2D eigenvalue weighted by atomic mass is 79.9. The van der Waals surface area contributed by atoms with Crippen LogP contribution in [0, 0.1) is 5.95 Å². The topological polar surface area (TPSA) is 56.0 Å². The fourth-order valence-electron chi connectivity index (χ4n) is 0.844. The number of pyridine rings is 1. The summed E-state index contributed by atoms with van der Waals surface area (Å²) in [5.74, 6) is -2.24. The van der Waals surface area contributed by atoms with Crippen LogP contribution in [-0.2, 0) is 0 Å². The van der Waals surface area contributed by atoms with Gasteiger partial charge in [0.1, 0.15) is 5.69 Å². The van der Waals surface area contributed by atoms with E-state index in [4.69, 9.17) is 5.73 Å². The molecule has 0 spiro atoms. The predicted molar refractivity (Wildman–Crippen MR) is 45.4 cm³/mol. The number of aromatic nitrogens is 1. The van der Waals surface area contributed by atoms with Gasteiger partial charge in [0.25, 0.3) is 12.3 Å². The molecule has 0 aliphatic carbocycles. The van der Waals surface area contributed by atoms with E-state index in [0.717, 1.165) is 6.07 Å². The van der Waals surface area contributed by atoms with Crippen LogP contribution >= 0.6 is 15.9 Å². The molecule has 2 N–H and O–H groups in total. The minimum Gasteiger partial charge on any atom is -0.364 e. The highest BCUT2D eigenvalue weighted by Gasteiger charge is 2.20. The third-order valence-corrected chi connectivity index (χ3v) is 1.99. The van der Waals surface area contributed by atoms with E-state index >= 15 is 0 Å². The van der Waals surface area contributed by atoms with Crippen molar-refractivity contribution in [2.24, 2.45) is 5.73 Å². The summed E-state index contributed by atoms with van der Waals surface area (Å²) in [5.41, 5.74) is 3.32. The number of rotatable bonds is 2. The van der Waals surface area contributed by atoms with Crippen LogP contribution in [-0.4, -0.2) is 10.9 Å². The van der Waals surface area contributed by atoms with Crippen molar-refractivity contribution >= 4 is 21.8 Å². The number of carbonyl (C=O) groups is 1. The molecule has 0 radical (unpaired) electrons. The van der Waals surface area contributed by atoms with Crippen molar-refractivity contribution in [1.82, 2.24) is 4.98 Å². The molecule has 0 bridgehead atoms. The van der Waals surface area contributed by atoms with Gasteiger partial charge in [-0.15, -0.1) is 0 Å². The fraction of sp³-hybridized carbons (Fsp3) is 0.143. The fourth-order valence-corrected chi connectivity index (χ4v) is 1.18. The Morgan fingerprint density at radius 2 is 2.14 bits per heavy atom. The van der Waals surface area contributed by atoms with Gasteiger partial charge in [-0.25, -0.2) is 13.8 Å². The van der Waals surface area contributed by atoms with Crippen molar-refractivity contribution in [3.63, 3.8) is 0 Å². The van der Waals surface area contributed by atoms with Gasteiger partial charge in [0.2, 0.25) is 5.95 Å². The first-order valence-corrected chi connectivity index (χ1v) is 4.16. The van der Waals surface area contributed by atoms with Crippen LogP contribution in [0.4, 0.5) is 13.2 Å². The minimum absolute atomic E-state index is 0.238. The Morgan fingerprint density at radius 3 is 2.57 bits per heavy atom. The van der Waals surface area contributed by atoms with E-state index in [2.05, 4.69) is 20.9 Å². The SMILES string of the molecule is NC(=O)c1nc(F)c(Br)cc1C(F)F. The molecule has 0 unspecified atom stereocenters. The largest absolute Gasteiger partial charge is 0.364 e. The molecule has 76 valence electrons. The third kappa shape index (κ3) is 2.03. The monoisotopic (exact) mass is 268 g/mol. The lowest BCUT2D eigenvalue weighted by Crippen LogP contribution is -2.17. The van der Waals surface area contributed by atoms with Crippen LogP contribution in [0.3, 0.4) is 0 Å². The lowest BCUT2D eigenvalue weighted by atomic mass is 10.2. The van der Waals surface area contributed by atoms with Gasteiger partial charge in [0.05, 0.1) is 10.0 Å². The van der Waals surface area contributed by atoms with Gasteiger partial charge >= 0.3 is 0 Å². The van der Waals surface area contributed by atoms with Gasteiger partial charge in [-0.1, -0.05) is 0 Å². The molecule has 7 heteroatoms. The number of alkyl halides is 2. The molecule has 14 heavy (non-hydrogen) atoms. The molecule has 0 aromatic carbocycles. The molecule has 0 aliphatic heterocycles. The van der Waals surface area contributed by atoms with Crippen molar-refractivity contribution in [2.45, 2.75) is 6.43 Å². The van der Waals surface area contributed by atoms with Crippen molar-refractivity contribution in [1.29, 1.82) is 0 Å². The quantitative estimate of drug-likeness (QED) is 0.835. The van der Waals surface area contributed by atoms with Gasteiger partial charge in [0.15, 0.2) is 0 Å². The van der Waals surface area contributed by atoms with Crippen molar-refractivity contribution in [3.8, 4) is 0 Å². The van der Waals surface area contributed by atoms with Crippen LogP contribution in [0.2, 0.25) is 0 Å². The van der Waals surface area contributed by atoms with E-state index in [1.807, 2.05) is 0 Å². The van der Waals surface area contributed by atoms with Gasteiger partial charge in [-0.05, 0) is 22.0 Å². The molecule has 3 nitrogen and oxygen atoms in total. The summed E-state index contributed by atoms with van der Waals surface area (Å²) < 4.78 is 37.2. The first kappa shape index (κ1) is 11.0. The Morgan fingerprint density at radius 1 is 1.57 bits per heavy atom. The number of hydrogen-bond acceptors (Lipinski definition) is 2. The molecule has 0 saturated carbocycles. The standard InChI is InChI=1S/C7H4BrF3N2O/c8-3-1-2(5(9)10)4(7(12)14)13-6(3)11/h1,5H,(H2,12,14). The van der Waals surface area contributed by atoms with Crippen molar-refractivity contribution in [2.75, 3.05) is 0 Å². The number of hydrogen-bond donors (Lipinski definition) is 1. The molecular formula is C7H4BrF3N2O. The maximum atomic E-state index is 12.8. The molecule has 1 aromatic rings. The number of halogens is 4. The zero-order valence-electron chi connectivity index (χ0n) is 6.60. The average Bonchev–Trinajstić information content (AvgIpc) is 2.08. The maximum Gasteiger partial charge on any atom is 0.267 e. The van der Waals surface area contributed by atoms with Crippen LogP contribution in [0.5, 0.6) is 0 Å². The molecule has 1 aromatic heterocycles. The molecule has 1 amide bonds. The van der Waals surface area contributed by atoms with Crippen molar-refractivity contribution in [3.05, 3.63) is 27.7 Å². The Bertz CT molecular complexity index is 383. The highest BCUT2D eigenvalue weighted by Crippen LogP contribution is 2.26. The van der Waals surface area contributed by atoms with E-state index in [1.165, 1.54) is 0 Å². The summed E-state index contributed by atoms with van der Waals surface area (Å²) >= 11 is 2.67. The number of amides is 1. The summed E-state index contributed by atoms with van der Waals surface area (Å²) in [7, 11) is 0. The van der Waals surface area contributed by atoms with Crippen LogP contribution in [0.25, 0.3) is 0 Å². The normalized spacial score (nSPS) is 10.6. The highest BCUT2D eigenvalue weighted by molar-refractivity contribution is 9.10. The van der Waals surface area contributed by atoms with E-state index in [0.29, 0.717) is 0 Å². The summed E-state index contributed by atoms with van der Waals surface area (Å²) in [6, 6.07) is 0.785. The third-order valence-electron chi connectivity index (χ3n) is 1.43. The summed E-state index contributed by atoms with van der Waals surface area (Å²) in [6.45, 7) is 0. The molecule has 1 rings (SSSR count). The van der Waals surface area contributed by atoms with E-state index in [1.54, 1.807) is 0 Å². The van der Waals surface area contributed by atoms with Gasteiger partial charge in [0, 0.05) is 0 Å². The lowest BCUT2D eigenvalue weighted by Gasteiger charge is -2.05. The average molecular weight is 269 g/mol. The van der Waals surface area contributed by atoms with Crippen LogP contribution in [0.15, 0.2) is 10.5 Å². The first-order valence-electron chi connectivity index (χ1n) is 3.37. The number of primary amides is 1. The Balaban J connectivity index is 3.39. The maximum absolute atomic E-state index is 12.8. The van der Waals surface area contributed by atoms with Crippen LogP contribution in [0.1, 0.15) is 22.5 Å².